The first kappa shape index (κ1) is 30.3. The molecule has 0 saturated carbocycles. The summed E-state index contributed by atoms with van der Waals surface area (Å²) in [6.07, 6.45) is 0. The Hall–Kier alpha value is -3.76. The fourth-order valence-electron chi connectivity index (χ4n) is 4.76. The molecule has 192 valence electrons. The molecule has 36 heavy (non-hydrogen) atoms. The Kier molecular flexibility index (Phi) is 10.3. The van der Waals surface area contributed by atoms with Gasteiger partial charge in [0.1, 0.15) is 11.4 Å². The summed E-state index contributed by atoms with van der Waals surface area (Å²) in [4.78, 5) is 8.11. The van der Waals surface area contributed by atoms with Gasteiger partial charge in [-0.1, -0.05) is 78.2 Å². The number of quaternary nitrogens is 1. The van der Waals surface area contributed by atoms with Crippen LogP contribution < -0.4 is 19.6 Å². The van der Waals surface area contributed by atoms with Crippen molar-refractivity contribution < 1.29 is 4.90 Å². The van der Waals surface area contributed by atoms with E-state index in [1.165, 1.54) is 50.4 Å². The Morgan fingerprint density at radius 3 is 0.917 bits per heavy atom. The van der Waals surface area contributed by atoms with Crippen LogP contribution in [0.3, 0.4) is 0 Å². The van der Waals surface area contributed by atoms with Gasteiger partial charge in [-0.15, -0.1) is 0 Å². The maximum atomic E-state index is 2.26. The van der Waals surface area contributed by atoms with Gasteiger partial charge in [0.25, 0.3) is 0 Å². The quantitative estimate of drug-likeness (QED) is 0.269. The normalized spacial score (nSPS) is 12.4. The third-order valence-electron chi connectivity index (χ3n) is 6.55. The molecule has 0 aromatic heterocycles. The van der Waals surface area contributed by atoms with Crippen LogP contribution >= 0.6 is 0 Å². The number of nitrogens with zero attached hydrogens (tertiary/aromatic N) is 3. The molecule has 0 fully saturated rings. The minimum absolute atomic E-state index is 0. The van der Waals surface area contributed by atoms with E-state index in [1.807, 2.05) is 0 Å². The largest absolute Gasteiger partial charge is 0.341 e. The summed E-state index contributed by atoms with van der Waals surface area (Å²) in [7, 11) is 8.56. The maximum absolute atomic E-state index is 2.26. The molecule has 0 atom stereocenters. The number of rotatable bonds is 0. The number of hydrogen-bond donors (Lipinski definition) is 1. The Labute approximate surface area is 220 Å². The Balaban J connectivity index is 0.000000324. The lowest BCUT2D eigenvalue weighted by atomic mass is 10.1. The van der Waals surface area contributed by atoms with Crippen LogP contribution in [-0.2, 0) is 0 Å². The predicted octanol–water partition coefficient (Wildman–Crippen LogP) is 8.33. The molecule has 2 aliphatic rings. The lowest BCUT2D eigenvalue weighted by Gasteiger charge is -2.36. The monoisotopic (exact) mass is 485 g/mol. The van der Waals surface area contributed by atoms with Gasteiger partial charge in [-0.05, 0) is 36.4 Å². The molecule has 0 radical (unpaired) electrons. The van der Waals surface area contributed by atoms with Crippen molar-refractivity contribution in [3.05, 3.63) is 97.1 Å². The molecule has 6 rings (SSSR count). The molecule has 4 aromatic carbocycles. The van der Waals surface area contributed by atoms with Crippen molar-refractivity contribution in [1.29, 1.82) is 0 Å². The number of para-hydroxylation sites is 8. The van der Waals surface area contributed by atoms with Gasteiger partial charge in [0.15, 0.2) is 11.4 Å². The van der Waals surface area contributed by atoms with Crippen LogP contribution in [-0.4, -0.2) is 28.2 Å². The zero-order chi connectivity index (χ0) is 22.2. The van der Waals surface area contributed by atoms with Gasteiger partial charge in [-0.25, -0.2) is 0 Å². The number of hydrogen-bond acceptors (Lipinski definition) is 3. The van der Waals surface area contributed by atoms with Crippen LogP contribution in [0.4, 0.5) is 45.5 Å². The van der Waals surface area contributed by atoms with Gasteiger partial charge in [-0.2, -0.15) is 0 Å². The summed E-state index contributed by atoms with van der Waals surface area (Å²) in [5.41, 5.74) is 10.3. The SMILES string of the molecule is C.C.C.C.CN1c2ccccc2N(C)c2ccccc21.CN1c2ccccc2[NH+](C)c2ccccc21. The van der Waals surface area contributed by atoms with Crippen molar-refractivity contribution in [1.82, 2.24) is 0 Å². The molecule has 0 saturated heterocycles. The molecule has 0 unspecified atom stereocenters. The van der Waals surface area contributed by atoms with Crippen LogP contribution in [0, 0.1) is 0 Å². The van der Waals surface area contributed by atoms with Crippen LogP contribution in [0.5, 0.6) is 0 Å². The summed E-state index contributed by atoms with van der Waals surface area (Å²) in [6.45, 7) is 0. The van der Waals surface area contributed by atoms with Crippen molar-refractivity contribution >= 4 is 45.5 Å². The van der Waals surface area contributed by atoms with Gasteiger partial charge in [-0.3, -0.25) is 4.90 Å². The highest BCUT2D eigenvalue weighted by Gasteiger charge is 2.27. The van der Waals surface area contributed by atoms with E-state index in [4.69, 9.17) is 0 Å². The van der Waals surface area contributed by atoms with E-state index in [2.05, 4.69) is 140 Å². The number of nitrogens with one attached hydrogen (secondary N) is 1. The molecule has 0 spiro atoms. The fourth-order valence-corrected chi connectivity index (χ4v) is 4.76. The van der Waals surface area contributed by atoms with E-state index in [9.17, 15) is 0 Å². The summed E-state index contributed by atoms with van der Waals surface area (Å²) in [5.74, 6) is 0. The summed E-state index contributed by atoms with van der Waals surface area (Å²) < 4.78 is 0. The van der Waals surface area contributed by atoms with Gasteiger partial charge < -0.3 is 14.7 Å². The number of benzene rings is 4. The van der Waals surface area contributed by atoms with E-state index < -0.39 is 0 Å². The minimum atomic E-state index is 0. The van der Waals surface area contributed by atoms with E-state index in [-0.39, 0.29) is 29.7 Å². The highest BCUT2D eigenvalue weighted by atomic mass is 15.2. The molecule has 0 aliphatic carbocycles. The van der Waals surface area contributed by atoms with E-state index in [0.717, 1.165) is 0 Å². The summed E-state index contributed by atoms with van der Waals surface area (Å²) in [6, 6.07) is 34.1. The topological polar surface area (TPSA) is 14.2 Å². The Bertz CT molecular complexity index is 976. The summed E-state index contributed by atoms with van der Waals surface area (Å²) >= 11 is 0. The molecular weight excluding hydrogens is 440 g/mol. The third kappa shape index (κ3) is 4.95. The highest BCUT2D eigenvalue weighted by Crippen LogP contribution is 2.45. The van der Waals surface area contributed by atoms with Crippen LogP contribution in [0.2, 0.25) is 0 Å². The van der Waals surface area contributed by atoms with E-state index in [0.29, 0.717) is 0 Å². The fraction of sp³-hybridized carbons (Fsp3) is 0.250. The summed E-state index contributed by atoms with van der Waals surface area (Å²) in [5, 5.41) is 0. The van der Waals surface area contributed by atoms with Crippen LogP contribution in [0.1, 0.15) is 29.7 Å². The molecule has 4 aromatic rings. The predicted molar refractivity (Wildman–Crippen MR) is 163 cm³/mol. The molecule has 4 nitrogen and oxygen atoms in total. The molecule has 2 aliphatic heterocycles. The first-order valence-corrected chi connectivity index (χ1v) is 11.0. The van der Waals surface area contributed by atoms with Crippen molar-refractivity contribution in [2.75, 3.05) is 42.9 Å². The standard InChI is InChI=1S/2C14H14N2.4CH4/c2*1-15-11-7-3-5-9-13(11)16(2)14-10-6-4-8-12(14)15;;;;/h2*3-10H,1-2H3;4*1H4/p+1. The Morgan fingerprint density at radius 1 is 0.389 bits per heavy atom. The number of anilines is 6. The lowest BCUT2D eigenvalue weighted by Crippen LogP contribution is -2.99. The lowest BCUT2D eigenvalue weighted by molar-refractivity contribution is -0.734. The zero-order valence-corrected chi connectivity index (χ0v) is 19.1. The molecule has 0 bridgehead atoms. The molecule has 4 heteroatoms. The smallest absolute Gasteiger partial charge is 0.160 e. The molecule has 1 N–H and O–H groups in total. The first-order chi connectivity index (χ1) is 15.6. The van der Waals surface area contributed by atoms with Gasteiger partial charge in [0.05, 0.1) is 29.8 Å². The van der Waals surface area contributed by atoms with Crippen molar-refractivity contribution in [2.45, 2.75) is 29.7 Å². The minimum Gasteiger partial charge on any atom is -0.341 e. The second-order valence-electron chi connectivity index (χ2n) is 8.31. The average Bonchev–Trinajstić information content (AvgIpc) is 2.86. The highest BCUT2D eigenvalue weighted by molar-refractivity contribution is 5.92. The number of fused-ring (bicyclic) bond motifs is 4. The van der Waals surface area contributed by atoms with Gasteiger partial charge >= 0.3 is 0 Å². The molecular formula is C32H45N4+. The maximum Gasteiger partial charge on any atom is 0.160 e. The third-order valence-corrected chi connectivity index (χ3v) is 6.55. The second-order valence-corrected chi connectivity index (χ2v) is 8.31. The van der Waals surface area contributed by atoms with E-state index in [1.54, 1.807) is 0 Å². The van der Waals surface area contributed by atoms with Crippen molar-refractivity contribution in [3.63, 3.8) is 0 Å². The van der Waals surface area contributed by atoms with Crippen LogP contribution in [0.25, 0.3) is 0 Å². The van der Waals surface area contributed by atoms with E-state index >= 15 is 0 Å². The molecule has 0 amide bonds. The van der Waals surface area contributed by atoms with Gasteiger partial charge in [0, 0.05) is 33.3 Å². The van der Waals surface area contributed by atoms with Crippen molar-refractivity contribution in [2.24, 2.45) is 0 Å². The average molecular weight is 486 g/mol. The van der Waals surface area contributed by atoms with Gasteiger partial charge in [0.2, 0.25) is 0 Å². The first-order valence-electron chi connectivity index (χ1n) is 11.0. The van der Waals surface area contributed by atoms with Crippen molar-refractivity contribution in [3.8, 4) is 0 Å². The molecule has 2 heterocycles. The second kappa shape index (κ2) is 12.3. The Morgan fingerprint density at radius 2 is 0.611 bits per heavy atom. The zero-order valence-electron chi connectivity index (χ0n) is 19.1. The van der Waals surface area contributed by atoms with Crippen LogP contribution in [0.15, 0.2) is 97.1 Å².